The van der Waals surface area contributed by atoms with E-state index in [0.717, 1.165) is 11.1 Å². The minimum Gasteiger partial charge on any atom is -0.497 e. The number of fused-ring (bicyclic) bond motifs is 1. The molecule has 0 unspecified atom stereocenters. The lowest BCUT2D eigenvalue weighted by Gasteiger charge is -2.18. The van der Waals surface area contributed by atoms with Crippen LogP contribution in [-0.4, -0.2) is 37.8 Å². The second-order valence-corrected chi connectivity index (χ2v) is 6.85. The number of rotatable bonds is 4. The number of hydrogen-bond donors (Lipinski definition) is 0. The maximum atomic E-state index is 13.2. The maximum Gasteiger partial charge on any atom is 0.278 e. The van der Waals surface area contributed by atoms with E-state index in [-0.39, 0.29) is 5.91 Å². The van der Waals surface area contributed by atoms with Crippen molar-refractivity contribution in [3.63, 3.8) is 0 Å². The van der Waals surface area contributed by atoms with Crippen LogP contribution in [0.1, 0.15) is 16.7 Å². The summed E-state index contributed by atoms with van der Waals surface area (Å²) in [5.41, 5.74) is 3.46. The molecular formula is C21H20N2O5. The average molecular weight is 380 g/mol. The summed E-state index contributed by atoms with van der Waals surface area (Å²) in [6.45, 7) is 3.84. The van der Waals surface area contributed by atoms with E-state index >= 15 is 0 Å². The lowest BCUT2D eigenvalue weighted by molar-refractivity contribution is -0.126. The van der Waals surface area contributed by atoms with Gasteiger partial charge in [-0.15, -0.1) is 0 Å². The Bertz CT molecular complexity index is 1010. The predicted octanol–water partition coefficient (Wildman–Crippen LogP) is 2.61. The van der Waals surface area contributed by atoms with E-state index in [1.54, 1.807) is 31.4 Å². The van der Waals surface area contributed by atoms with Gasteiger partial charge in [0.05, 0.1) is 19.9 Å². The summed E-state index contributed by atoms with van der Waals surface area (Å²) < 4.78 is 10.6. The third-order valence-corrected chi connectivity index (χ3v) is 5.09. The molecule has 0 saturated carbocycles. The fourth-order valence-corrected chi connectivity index (χ4v) is 3.70. The van der Waals surface area contributed by atoms with Gasteiger partial charge in [-0.3, -0.25) is 9.59 Å². The number of amides is 2. The van der Waals surface area contributed by atoms with E-state index in [2.05, 4.69) is 5.16 Å². The van der Waals surface area contributed by atoms with Crippen LogP contribution in [0.4, 0.5) is 5.69 Å². The Labute approximate surface area is 162 Å². The molecule has 0 radical (unpaired) electrons. The molecule has 144 valence electrons. The average Bonchev–Trinajstić information content (AvgIpc) is 3.22. The van der Waals surface area contributed by atoms with E-state index in [1.165, 1.54) is 12.0 Å². The minimum atomic E-state index is -0.963. The van der Waals surface area contributed by atoms with Crippen LogP contribution >= 0.6 is 0 Å². The highest BCUT2D eigenvalue weighted by molar-refractivity contribution is 6.33. The zero-order valence-corrected chi connectivity index (χ0v) is 16.1. The molecule has 7 heteroatoms. The number of benzene rings is 2. The highest BCUT2D eigenvalue weighted by Gasteiger charge is 2.56. The van der Waals surface area contributed by atoms with Gasteiger partial charge in [0.2, 0.25) is 12.0 Å². The molecule has 0 bridgehead atoms. The summed E-state index contributed by atoms with van der Waals surface area (Å²) in [6.07, 6.45) is -0.963. The minimum absolute atomic E-state index is 0.351. The molecule has 1 saturated heterocycles. The van der Waals surface area contributed by atoms with Crippen molar-refractivity contribution < 1.29 is 23.9 Å². The molecule has 2 aromatic rings. The first kappa shape index (κ1) is 18.0. The number of carbonyl (C=O) groups is 2. The van der Waals surface area contributed by atoms with Gasteiger partial charge in [0.15, 0.2) is 0 Å². The zero-order valence-electron chi connectivity index (χ0n) is 16.1. The van der Waals surface area contributed by atoms with E-state index in [0.29, 0.717) is 28.5 Å². The molecule has 4 rings (SSSR count). The Morgan fingerprint density at radius 3 is 2.46 bits per heavy atom. The Kier molecular flexibility index (Phi) is 4.30. The predicted molar refractivity (Wildman–Crippen MR) is 103 cm³/mol. The van der Waals surface area contributed by atoms with Crippen molar-refractivity contribution in [1.82, 2.24) is 0 Å². The molecule has 2 aromatic carbocycles. The highest BCUT2D eigenvalue weighted by Crippen LogP contribution is 2.38. The molecule has 28 heavy (non-hydrogen) atoms. The normalized spacial score (nSPS) is 20.7. The first-order chi connectivity index (χ1) is 13.5. The molecule has 0 aliphatic carbocycles. The molecule has 1 fully saturated rings. The van der Waals surface area contributed by atoms with Gasteiger partial charge >= 0.3 is 0 Å². The molecule has 2 heterocycles. The Morgan fingerprint density at radius 1 is 1.00 bits per heavy atom. The molecule has 2 aliphatic heterocycles. The number of nitrogens with zero attached hydrogens (tertiary/aromatic N) is 2. The summed E-state index contributed by atoms with van der Waals surface area (Å²) in [4.78, 5) is 32.7. The SMILES string of the molecule is COc1ccc(C2=NO[C@@H]3C(=O)N(c4ccc(C)cc4C)C(=O)[C@H]23)c(OC)c1. The Hall–Kier alpha value is -3.35. The van der Waals surface area contributed by atoms with Crippen LogP contribution in [0.25, 0.3) is 0 Å². The summed E-state index contributed by atoms with van der Waals surface area (Å²) in [7, 11) is 3.08. The number of ether oxygens (including phenoxy) is 2. The van der Waals surface area contributed by atoms with Crippen LogP contribution in [0.3, 0.4) is 0 Å². The number of aryl methyl sites for hydroxylation is 2. The molecule has 0 N–H and O–H groups in total. The summed E-state index contributed by atoms with van der Waals surface area (Å²) >= 11 is 0. The van der Waals surface area contributed by atoms with Gasteiger partial charge in [0, 0.05) is 11.6 Å². The maximum absolute atomic E-state index is 13.2. The van der Waals surface area contributed by atoms with Crippen molar-refractivity contribution in [3.05, 3.63) is 53.1 Å². The van der Waals surface area contributed by atoms with Gasteiger partial charge in [-0.2, -0.15) is 0 Å². The fraction of sp³-hybridized carbons (Fsp3) is 0.286. The molecule has 0 aromatic heterocycles. The Morgan fingerprint density at radius 2 is 1.79 bits per heavy atom. The van der Waals surface area contributed by atoms with E-state index in [4.69, 9.17) is 14.3 Å². The van der Waals surface area contributed by atoms with Crippen LogP contribution in [0.15, 0.2) is 41.6 Å². The van der Waals surface area contributed by atoms with Crippen molar-refractivity contribution in [1.29, 1.82) is 0 Å². The molecule has 2 aliphatic rings. The Balaban J connectivity index is 1.73. The van der Waals surface area contributed by atoms with Gasteiger partial charge in [0.1, 0.15) is 23.1 Å². The summed E-state index contributed by atoms with van der Waals surface area (Å²) in [6, 6.07) is 10.8. The van der Waals surface area contributed by atoms with Crippen LogP contribution in [0.2, 0.25) is 0 Å². The number of carbonyl (C=O) groups excluding carboxylic acids is 2. The number of oxime groups is 1. The third-order valence-electron chi connectivity index (χ3n) is 5.09. The molecule has 0 spiro atoms. The lowest BCUT2D eigenvalue weighted by Crippen LogP contribution is -2.33. The van der Waals surface area contributed by atoms with Crippen molar-refractivity contribution in [2.45, 2.75) is 20.0 Å². The van der Waals surface area contributed by atoms with Crippen LogP contribution in [0, 0.1) is 19.8 Å². The van der Waals surface area contributed by atoms with Crippen LogP contribution in [0.5, 0.6) is 11.5 Å². The molecular weight excluding hydrogens is 360 g/mol. The van der Waals surface area contributed by atoms with Crippen LogP contribution in [-0.2, 0) is 14.4 Å². The first-order valence-corrected chi connectivity index (χ1v) is 8.87. The fourth-order valence-electron chi connectivity index (χ4n) is 3.70. The van der Waals surface area contributed by atoms with Crippen molar-refractivity contribution >= 4 is 23.2 Å². The standard InChI is InChI=1S/C21H20N2O5/c1-11-5-8-15(12(2)9-11)23-20(24)17-18(22-28-19(17)21(23)25)14-7-6-13(26-3)10-16(14)27-4/h5-10,17,19H,1-4H3/t17-,19+/m1/s1. The van der Waals surface area contributed by atoms with Crippen molar-refractivity contribution in [2.75, 3.05) is 19.1 Å². The molecule has 7 nitrogen and oxygen atoms in total. The molecule has 2 atom stereocenters. The highest BCUT2D eigenvalue weighted by atomic mass is 16.7. The summed E-state index contributed by atoms with van der Waals surface area (Å²) in [5.74, 6) is -0.463. The lowest BCUT2D eigenvalue weighted by atomic mass is 9.93. The van der Waals surface area contributed by atoms with Crippen molar-refractivity contribution in [3.8, 4) is 11.5 Å². The zero-order chi connectivity index (χ0) is 20.0. The molecule has 2 amide bonds. The number of hydrogen-bond acceptors (Lipinski definition) is 6. The topological polar surface area (TPSA) is 77.4 Å². The van der Waals surface area contributed by atoms with Gasteiger partial charge in [0.25, 0.3) is 5.91 Å². The van der Waals surface area contributed by atoms with E-state index in [1.807, 2.05) is 26.0 Å². The van der Waals surface area contributed by atoms with Gasteiger partial charge in [-0.05, 0) is 37.6 Å². The smallest absolute Gasteiger partial charge is 0.278 e. The monoisotopic (exact) mass is 380 g/mol. The third kappa shape index (κ3) is 2.62. The van der Waals surface area contributed by atoms with E-state index in [9.17, 15) is 9.59 Å². The van der Waals surface area contributed by atoms with Crippen LogP contribution < -0.4 is 14.4 Å². The van der Waals surface area contributed by atoms with Gasteiger partial charge in [-0.25, -0.2) is 4.90 Å². The number of imide groups is 1. The first-order valence-electron chi connectivity index (χ1n) is 8.87. The van der Waals surface area contributed by atoms with Gasteiger partial charge in [-0.1, -0.05) is 22.9 Å². The second kappa shape index (κ2) is 6.67. The van der Waals surface area contributed by atoms with Crippen molar-refractivity contribution in [2.24, 2.45) is 11.1 Å². The van der Waals surface area contributed by atoms with E-state index < -0.39 is 17.9 Å². The van der Waals surface area contributed by atoms with Gasteiger partial charge < -0.3 is 14.3 Å². The second-order valence-electron chi connectivity index (χ2n) is 6.85. The number of methoxy groups -OCH3 is 2. The largest absolute Gasteiger partial charge is 0.497 e. The summed E-state index contributed by atoms with van der Waals surface area (Å²) in [5, 5.41) is 4.05. The quantitative estimate of drug-likeness (QED) is 0.762. The number of anilines is 1.